The number of primary amides is 1. The van der Waals surface area contributed by atoms with Crippen molar-refractivity contribution in [1.82, 2.24) is 20.4 Å². The number of nitrogens with one attached hydrogen (secondary N) is 3. The Hall–Kier alpha value is -2.39. The fourth-order valence-electron chi connectivity index (χ4n) is 3.22. The molecule has 9 heteroatoms. The fraction of sp³-hybridized carbons (Fsp3) is 0.500. The van der Waals surface area contributed by atoms with Gasteiger partial charge in [-0.3, -0.25) is 9.48 Å². The molecule has 27 heavy (non-hydrogen) atoms. The van der Waals surface area contributed by atoms with Crippen LogP contribution in [0.3, 0.4) is 0 Å². The van der Waals surface area contributed by atoms with E-state index in [0.717, 1.165) is 55.6 Å². The van der Waals surface area contributed by atoms with E-state index < -0.39 is 6.03 Å². The van der Waals surface area contributed by atoms with Crippen LogP contribution >= 0.6 is 11.3 Å². The van der Waals surface area contributed by atoms with E-state index in [1.807, 2.05) is 25.5 Å². The van der Waals surface area contributed by atoms with Crippen LogP contribution in [0.15, 0.2) is 18.5 Å². The zero-order valence-electron chi connectivity index (χ0n) is 15.5. The lowest BCUT2D eigenvalue weighted by Gasteiger charge is -2.16. The van der Waals surface area contributed by atoms with E-state index in [4.69, 9.17) is 5.73 Å². The molecule has 1 fully saturated rings. The number of carbonyl (C=O) groups is 2. The second-order valence-corrected chi connectivity index (χ2v) is 7.97. The molecule has 1 aliphatic rings. The molecule has 2 aromatic rings. The first-order valence-electron chi connectivity index (χ1n) is 9.19. The lowest BCUT2D eigenvalue weighted by atomic mass is 10.1. The Morgan fingerprint density at radius 1 is 1.41 bits per heavy atom. The van der Waals surface area contributed by atoms with E-state index in [-0.39, 0.29) is 11.9 Å². The summed E-state index contributed by atoms with van der Waals surface area (Å²) in [6, 6.07) is 1.27. The molecule has 2 aromatic heterocycles. The van der Waals surface area contributed by atoms with Gasteiger partial charge >= 0.3 is 6.03 Å². The number of aryl methyl sites for hydroxylation is 3. The number of thiophene rings is 1. The van der Waals surface area contributed by atoms with Crippen LogP contribution in [0.25, 0.3) is 0 Å². The van der Waals surface area contributed by atoms with Crippen molar-refractivity contribution in [2.24, 2.45) is 12.8 Å². The molecule has 0 aromatic carbocycles. The van der Waals surface area contributed by atoms with Gasteiger partial charge < -0.3 is 21.7 Å². The van der Waals surface area contributed by atoms with Gasteiger partial charge in [0.15, 0.2) is 0 Å². The maximum atomic E-state index is 12.8. The third kappa shape index (κ3) is 5.54. The number of amides is 3. The second kappa shape index (κ2) is 9.01. The summed E-state index contributed by atoms with van der Waals surface area (Å²) in [5.41, 5.74) is 6.89. The Morgan fingerprint density at radius 2 is 2.26 bits per heavy atom. The van der Waals surface area contributed by atoms with Gasteiger partial charge in [0.2, 0.25) is 0 Å². The molecule has 0 spiro atoms. The van der Waals surface area contributed by atoms with Gasteiger partial charge in [-0.05, 0) is 43.9 Å². The summed E-state index contributed by atoms with van der Waals surface area (Å²) in [5, 5.41) is 13.2. The number of hydrogen-bond acceptors (Lipinski definition) is 5. The monoisotopic (exact) mass is 390 g/mol. The minimum absolute atomic E-state index is 0.0994. The molecule has 0 unspecified atom stereocenters. The van der Waals surface area contributed by atoms with Crippen LogP contribution in [0.5, 0.6) is 0 Å². The molecule has 0 radical (unpaired) electrons. The van der Waals surface area contributed by atoms with Crippen LogP contribution in [0.4, 0.5) is 10.5 Å². The van der Waals surface area contributed by atoms with Gasteiger partial charge in [0, 0.05) is 30.7 Å². The molecule has 3 heterocycles. The first-order chi connectivity index (χ1) is 13.0. The van der Waals surface area contributed by atoms with E-state index in [0.29, 0.717) is 10.6 Å². The SMILES string of the molecule is Cn1cc(CCc2cc(NC(N)=O)c(C(=O)N[C@H]3CCCCNC3)s2)cn1. The van der Waals surface area contributed by atoms with E-state index >= 15 is 0 Å². The van der Waals surface area contributed by atoms with Crippen LogP contribution < -0.4 is 21.7 Å². The molecule has 0 saturated carbocycles. The van der Waals surface area contributed by atoms with E-state index in [2.05, 4.69) is 21.0 Å². The predicted octanol–water partition coefficient (Wildman–Crippen LogP) is 1.63. The number of hydrogen-bond donors (Lipinski definition) is 4. The van der Waals surface area contributed by atoms with Crippen molar-refractivity contribution in [2.75, 3.05) is 18.4 Å². The lowest BCUT2D eigenvalue weighted by molar-refractivity contribution is 0.0940. The Bertz CT molecular complexity index is 792. The molecule has 1 aliphatic heterocycles. The quantitative estimate of drug-likeness (QED) is 0.600. The van der Waals surface area contributed by atoms with Crippen LogP contribution in [0.1, 0.15) is 39.4 Å². The first-order valence-corrected chi connectivity index (χ1v) is 10.0. The highest BCUT2D eigenvalue weighted by atomic mass is 32.1. The third-order valence-corrected chi connectivity index (χ3v) is 5.74. The predicted molar refractivity (Wildman–Crippen MR) is 106 cm³/mol. The molecule has 1 saturated heterocycles. The number of anilines is 1. The smallest absolute Gasteiger partial charge is 0.316 e. The molecule has 3 amide bonds. The van der Waals surface area contributed by atoms with Crippen molar-refractivity contribution >= 4 is 29.0 Å². The summed E-state index contributed by atoms with van der Waals surface area (Å²) in [6.45, 7) is 1.75. The van der Waals surface area contributed by atoms with Crippen LogP contribution in [-0.4, -0.2) is 40.9 Å². The van der Waals surface area contributed by atoms with Crippen LogP contribution in [-0.2, 0) is 19.9 Å². The minimum atomic E-state index is -0.670. The summed E-state index contributed by atoms with van der Waals surface area (Å²) in [5.74, 6) is -0.162. The molecular weight excluding hydrogens is 364 g/mol. The Balaban J connectivity index is 1.70. The normalized spacial score (nSPS) is 17.3. The summed E-state index contributed by atoms with van der Waals surface area (Å²) in [4.78, 5) is 25.6. The number of urea groups is 1. The van der Waals surface area contributed by atoms with Gasteiger partial charge in [0.1, 0.15) is 4.88 Å². The van der Waals surface area contributed by atoms with Crippen molar-refractivity contribution in [3.63, 3.8) is 0 Å². The van der Waals surface area contributed by atoms with E-state index in [1.165, 1.54) is 11.3 Å². The zero-order valence-corrected chi connectivity index (χ0v) is 16.3. The average Bonchev–Trinajstić information content (AvgIpc) is 3.11. The summed E-state index contributed by atoms with van der Waals surface area (Å²) in [7, 11) is 1.88. The van der Waals surface area contributed by atoms with Crippen LogP contribution in [0.2, 0.25) is 0 Å². The van der Waals surface area contributed by atoms with Gasteiger partial charge in [-0.2, -0.15) is 5.10 Å². The van der Waals surface area contributed by atoms with Gasteiger partial charge in [0.05, 0.1) is 11.9 Å². The Morgan fingerprint density at radius 3 is 3.00 bits per heavy atom. The maximum Gasteiger partial charge on any atom is 0.316 e. The fourth-order valence-corrected chi connectivity index (χ4v) is 4.24. The number of rotatable bonds is 6. The standard InChI is InChI=1S/C18H26N6O2S/c1-24-11-12(9-21-24)5-6-14-8-15(23-18(19)26)16(27-14)17(25)22-13-4-2-3-7-20-10-13/h8-9,11,13,20H,2-7,10H2,1H3,(H,22,25)(H3,19,23,26)/t13-/m0/s1. The number of aromatic nitrogens is 2. The Kier molecular flexibility index (Phi) is 6.46. The largest absolute Gasteiger partial charge is 0.351 e. The highest BCUT2D eigenvalue weighted by Crippen LogP contribution is 2.28. The molecule has 1 atom stereocenters. The lowest BCUT2D eigenvalue weighted by Crippen LogP contribution is -2.40. The molecule has 5 N–H and O–H groups in total. The number of nitrogens with two attached hydrogens (primary N) is 1. The van der Waals surface area contributed by atoms with Crippen molar-refractivity contribution in [2.45, 2.75) is 38.1 Å². The van der Waals surface area contributed by atoms with E-state index in [1.54, 1.807) is 4.68 Å². The molecular formula is C18H26N6O2S. The van der Waals surface area contributed by atoms with Crippen molar-refractivity contribution in [3.8, 4) is 0 Å². The Labute approximate surface area is 162 Å². The summed E-state index contributed by atoms with van der Waals surface area (Å²) >= 11 is 1.40. The highest BCUT2D eigenvalue weighted by Gasteiger charge is 2.21. The average molecular weight is 391 g/mol. The molecule has 3 rings (SSSR count). The minimum Gasteiger partial charge on any atom is -0.351 e. The summed E-state index contributed by atoms with van der Waals surface area (Å²) < 4.78 is 1.77. The van der Waals surface area contributed by atoms with Gasteiger partial charge in [0.25, 0.3) is 5.91 Å². The van der Waals surface area contributed by atoms with Gasteiger partial charge in [-0.1, -0.05) is 6.42 Å². The second-order valence-electron chi connectivity index (χ2n) is 6.84. The molecule has 8 nitrogen and oxygen atoms in total. The molecule has 0 bridgehead atoms. The topological polar surface area (TPSA) is 114 Å². The maximum absolute atomic E-state index is 12.8. The first kappa shape index (κ1) is 19.4. The summed E-state index contributed by atoms with van der Waals surface area (Å²) in [6.07, 6.45) is 8.56. The third-order valence-electron chi connectivity index (χ3n) is 4.55. The number of nitrogens with zero attached hydrogens (tertiary/aromatic N) is 2. The highest BCUT2D eigenvalue weighted by molar-refractivity contribution is 7.14. The van der Waals surface area contributed by atoms with Crippen molar-refractivity contribution in [3.05, 3.63) is 33.8 Å². The van der Waals surface area contributed by atoms with Gasteiger partial charge in [-0.25, -0.2) is 4.79 Å². The van der Waals surface area contributed by atoms with Crippen LogP contribution in [0, 0.1) is 0 Å². The zero-order chi connectivity index (χ0) is 19.2. The molecule has 146 valence electrons. The molecule has 0 aliphatic carbocycles. The van der Waals surface area contributed by atoms with Gasteiger partial charge in [-0.15, -0.1) is 11.3 Å². The van der Waals surface area contributed by atoms with E-state index in [9.17, 15) is 9.59 Å². The van der Waals surface area contributed by atoms with Crippen molar-refractivity contribution < 1.29 is 9.59 Å². The van der Waals surface area contributed by atoms with Crippen molar-refractivity contribution in [1.29, 1.82) is 0 Å². The number of carbonyl (C=O) groups excluding carboxylic acids is 2.